The zero-order valence-electron chi connectivity index (χ0n) is 13.7. The molecule has 1 amide bonds. The molecule has 0 saturated heterocycles. The molecule has 1 atom stereocenters. The van der Waals surface area contributed by atoms with Gasteiger partial charge in [-0.15, -0.1) is 0 Å². The molecule has 2 N–H and O–H groups in total. The molecule has 0 fully saturated rings. The Hall–Kier alpha value is -3.72. The van der Waals surface area contributed by atoms with Gasteiger partial charge in [0.1, 0.15) is 6.04 Å². The molecule has 0 unspecified atom stereocenters. The van der Waals surface area contributed by atoms with Crippen molar-refractivity contribution in [2.24, 2.45) is 0 Å². The number of aliphatic carboxylic acids is 1. The Morgan fingerprint density at radius 1 is 1.15 bits per heavy atom. The van der Waals surface area contributed by atoms with Crippen LogP contribution in [-0.4, -0.2) is 28.0 Å². The Labute approximate surface area is 149 Å². The highest BCUT2D eigenvalue weighted by Crippen LogP contribution is 2.14. The van der Waals surface area contributed by atoms with E-state index < -0.39 is 17.9 Å². The number of amides is 1. The van der Waals surface area contributed by atoms with Crippen molar-refractivity contribution in [2.75, 3.05) is 0 Å². The number of rotatable bonds is 5. The van der Waals surface area contributed by atoms with E-state index in [0.29, 0.717) is 11.1 Å². The van der Waals surface area contributed by atoms with Crippen LogP contribution in [0.3, 0.4) is 0 Å². The molecule has 0 radical (unpaired) electrons. The van der Waals surface area contributed by atoms with Crippen LogP contribution in [0.1, 0.15) is 21.5 Å². The lowest BCUT2D eigenvalue weighted by molar-refractivity contribution is -0.139. The lowest BCUT2D eigenvalue weighted by Crippen LogP contribution is -2.42. The van der Waals surface area contributed by atoms with Crippen molar-refractivity contribution in [3.8, 4) is 6.07 Å². The molecule has 0 spiro atoms. The quantitative estimate of drug-likeness (QED) is 0.739. The lowest BCUT2D eigenvalue weighted by Gasteiger charge is -2.15. The number of carbonyl (C=O) groups is 2. The van der Waals surface area contributed by atoms with E-state index in [1.165, 1.54) is 6.20 Å². The zero-order chi connectivity index (χ0) is 18.5. The second kappa shape index (κ2) is 7.45. The van der Waals surface area contributed by atoms with Crippen LogP contribution in [0.15, 0.2) is 60.8 Å². The Bertz CT molecular complexity index is 1020. The summed E-state index contributed by atoms with van der Waals surface area (Å²) in [6, 6.07) is 16.6. The van der Waals surface area contributed by atoms with Gasteiger partial charge in [0.25, 0.3) is 5.91 Å². The van der Waals surface area contributed by atoms with Gasteiger partial charge in [-0.1, -0.05) is 36.4 Å². The smallest absolute Gasteiger partial charge is 0.326 e. The van der Waals surface area contributed by atoms with Crippen molar-refractivity contribution in [2.45, 2.75) is 12.5 Å². The normalized spacial score (nSPS) is 11.5. The Kier molecular flexibility index (Phi) is 4.90. The molecule has 0 aliphatic rings. The van der Waals surface area contributed by atoms with Crippen LogP contribution in [0.25, 0.3) is 10.9 Å². The summed E-state index contributed by atoms with van der Waals surface area (Å²) in [7, 11) is 0. The van der Waals surface area contributed by atoms with Gasteiger partial charge < -0.3 is 10.4 Å². The number of pyridine rings is 1. The zero-order valence-corrected chi connectivity index (χ0v) is 13.7. The number of carboxylic acid groups (broad SMARTS) is 1. The summed E-state index contributed by atoms with van der Waals surface area (Å²) in [4.78, 5) is 28.3. The highest BCUT2D eigenvalue weighted by Gasteiger charge is 2.22. The first kappa shape index (κ1) is 17.1. The SMILES string of the molecule is N#Cc1ccccc1C[C@@H](NC(=O)c1cnc2ccccc2c1)C(=O)O. The fraction of sp³-hybridized carbons (Fsp3) is 0.100. The van der Waals surface area contributed by atoms with Crippen molar-refractivity contribution in [3.63, 3.8) is 0 Å². The summed E-state index contributed by atoms with van der Waals surface area (Å²) in [6.07, 6.45) is 1.44. The molecule has 2 aromatic carbocycles. The number of benzene rings is 2. The van der Waals surface area contributed by atoms with Gasteiger partial charge in [0.2, 0.25) is 0 Å². The summed E-state index contributed by atoms with van der Waals surface area (Å²) >= 11 is 0. The number of nitrogens with zero attached hydrogens (tertiary/aromatic N) is 2. The maximum Gasteiger partial charge on any atom is 0.326 e. The molecule has 0 bridgehead atoms. The van der Waals surface area contributed by atoms with Gasteiger partial charge in [-0.25, -0.2) is 4.79 Å². The van der Waals surface area contributed by atoms with Crippen LogP contribution in [-0.2, 0) is 11.2 Å². The maximum absolute atomic E-state index is 12.5. The standard InChI is InChI=1S/C20H15N3O3/c21-11-15-7-2-1-5-13(15)10-18(20(25)26)23-19(24)16-9-14-6-3-4-8-17(14)22-12-16/h1-9,12,18H,10H2,(H,23,24)(H,25,26)/t18-/m1/s1. The Morgan fingerprint density at radius 3 is 2.65 bits per heavy atom. The second-order valence-corrected chi connectivity index (χ2v) is 5.75. The molecule has 1 aromatic heterocycles. The average Bonchev–Trinajstić information content (AvgIpc) is 2.67. The van der Waals surface area contributed by atoms with Gasteiger partial charge in [0.05, 0.1) is 22.7 Å². The molecular weight excluding hydrogens is 330 g/mol. The van der Waals surface area contributed by atoms with E-state index in [4.69, 9.17) is 5.26 Å². The van der Waals surface area contributed by atoms with Crippen LogP contribution in [0.5, 0.6) is 0 Å². The van der Waals surface area contributed by atoms with E-state index >= 15 is 0 Å². The fourth-order valence-corrected chi connectivity index (χ4v) is 2.66. The number of carbonyl (C=O) groups excluding carboxylic acids is 1. The maximum atomic E-state index is 12.5. The third kappa shape index (κ3) is 3.68. The van der Waals surface area contributed by atoms with Crippen molar-refractivity contribution >= 4 is 22.8 Å². The number of para-hydroxylation sites is 1. The molecule has 0 aliphatic heterocycles. The number of aromatic nitrogens is 1. The highest BCUT2D eigenvalue weighted by molar-refractivity contribution is 5.99. The summed E-state index contributed by atoms with van der Waals surface area (Å²) in [5.74, 6) is -1.69. The average molecular weight is 345 g/mol. The van der Waals surface area contributed by atoms with Crippen molar-refractivity contribution < 1.29 is 14.7 Å². The first-order chi connectivity index (χ1) is 12.6. The summed E-state index contributed by atoms with van der Waals surface area (Å²) in [5, 5.41) is 21.9. The minimum Gasteiger partial charge on any atom is -0.480 e. The van der Waals surface area contributed by atoms with E-state index in [1.807, 2.05) is 30.3 Å². The van der Waals surface area contributed by atoms with E-state index in [0.717, 1.165) is 10.9 Å². The molecule has 0 saturated carbocycles. The number of fused-ring (bicyclic) bond motifs is 1. The molecule has 6 nitrogen and oxygen atoms in total. The van der Waals surface area contributed by atoms with Gasteiger partial charge in [-0.2, -0.15) is 5.26 Å². The van der Waals surface area contributed by atoms with Crippen LogP contribution in [0.4, 0.5) is 0 Å². The van der Waals surface area contributed by atoms with E-state index in [9.17, 15) is 14.7 Å². The molecule has 26 heavy (non-hydrogen) atoms. The van der Waals surface area contributed by atoms with Gasteiger partial charge in [-0.3, -0.25) is 9.78 Å². The molecule has 6 heteroatoms. The predicted octanol–water partition coefficient (Wildman–Crippen LogP) is 2.53. The van der Waals surface area contributed by atoms with Crippen LogP contribution in [0.2, 0.25) is 0 Å². The van der Waals surface area contributed by atoms with E-state index in [-0.39, 0.29) is 12.0 Å². The summed E-state index contributed by atoms with van der Waals surface area (Å²) < 4.78 is 0. The Morgan fingerprint density at radius 2 is 1.88 bits per heavy atom. The number of carboxylic acids is 1. The van der Waals surface area contributed by atoms with Gasteiger partial charge in [0, 0.05) is 18.0 Å². The van der Waals surface area contributed by atoms with Crippen molar-refractivity contribution in [1.29, 1.82) is 5.26 Å². The summed E-state index contributed by atoms with van der Waals surface area (Å²) in [6.45, 7) is 0. The monoisotopic (exact) mass is 345 g/mol. The van der Waals surface area contributed by atoms with E-state index in [2.05, 4.69) is 10.3 Å². The minimum atomic E-state index is -1.17. The molecule has 3 aromatic rings. The van der Waals surface area contributed by atoms with Crippen molar-refractivity contribution in [1.82, 2.24) is 10.3 Å². The fourth-order valence-electron chi connectivity index (χ4n) is 2.66. The molecule has 1 heterocycles. The number of nitrogens with one attached hydrogen (secondary N) is 1. The summed E-state index contributed by atoms with van der Waals surface area (Å²) in [5.41, 5.74) is 1.99. The number of nitriles is 1. The van der Waals surface area contributed by atoms with Crippen LogP contribution >= 0.6 is 0 Å². The predicted molar refractivity (Wildman–Crippen MR) is 95.5 cm³/mol. The largest absolute Gasteiger partial charge is 0.480 e. The third-order valence-electron chi connectivity index (χ3n) is 4.02. The first-order valence-electron chi connectivity index (χ1n) is 7.95. The minimum absolute atomic E-state index is 0.0197. The molecular formula is C20H15N3O3. The topological polar surface area (TPSA) is 103 Å². The lowest BCUT2D eigenvalue weighted by atomic mass is 10.0. The van der Waals surface area contributed by atoms with Crippen LogP contribution in [0, 0.1) is 11.3 Å². The van der Waals surface area contributed by atoms with Gasteiger partial charge in [0.15, 0.2) is 0 Å². The van der Waals surface area contributed by atoms with Gasteiger partial charge in [-0.05, 0) is 23.8 Å². The van der Waals surface area contributed by atoms with Gasteiger partial charge >= 0.3 is 5.97 Å². The number of hydrogen-bond acceptors (Lipinski definition) is 4. The Balaban J connectivity index is 1.82. The molecule has 3 rings (SSSR count). The van der Waals surface area contributed by atoms with Crippen molar-refractivity contribution in [3.05, 3.63) is 77.5 Å². The second-order valence-electron chi connectivity index (χ2n) is 5.75. The highest BCUT2D eigenvalue weighted by atomic mass is 16.4. The molecule has 0 aliphatic carbocycles. The molecule has 128 valence electrons. The first-order valence-corrected chi connectivity index (χ1v) is 7.95. The van der Waals surface area contributed by atoms with Crippen LogP contribution < -0.4 is 5.32 Å². The third-order valence-corrected chi connectivity index (χ3v) is 4.02. The van der Waals surface area contributed by atoms with E-state index in [1.54, 1.807) is 30.3 Å². The number of hydrogen-bond donors (Lipinski definition) is 2.